The number of hydrogen-bond acceptors (Lipinski definition) is 4. The van der Waals surface area contributed by atoms with E-state index in [2.05, 4.69) is 10.6 Å². The third-order valence-electron chi connectivity index (χ3n) is 3.13. The van der Waals surface area contributed by atoms with Crippen molar-refractivity contribution in [1.82, 2.24) is 5.32 Å². The van der Waals surface area contributed by atoms with Crippen LogP contribution in [0.5, 0.6) is 0 Å². The lowest BCUT2D eigenvalue weighted by Gasteiger charge is -2.16. The summed E-state index contributed by atoms with van der Waals surface area (Å²) in [6.07, 6.45) is 1.08. The summed E-state index contributed by atoms with van der Waals surface area (Å²) in [5.41, 5.74) is 0.667. The van der Waals surface area contributed by atoms with Crippen LogP contribution in [0.15, 0.2) is 47.1 Å². The number of carbonyl (C=O) groups excluding carboxylic acids is 1. The molecule has 2 atom stereocenters. The number of anilines is 1. The molecular formula is C16H19ClN2O3. The molecule has 3 N–H and O–H groups in total. The Balaban J connectivity index is 1.74. The van der Waals surface area contributed by atoms with E-state index in [1.165, 1.54) is 6.26 Å². The molecule has 0 radical (unpaired) electrons. The number of amides is 1. The summed E-state index contributed by atoms with van der Waals surface area (Å²) in [6, 6.07) is 10.4. The minimum atomic E-state index is -0.728. The lowest BCUT2D eigenvalue weighted by molar-refractivity contribution is -0.116. The van der Waals surface area contributed by atoms with E-state index < -0.39 is 6.10 Å². The van der Waals surface area contributed by atoms with Gasteiger partial charge in [-0.2, -0.15) is 0 Å². The monoisotopic (exact) mass is 322 g/mol. The van der Waals surface area contributed by atoms with Gasteiger partial charge in [-0.3, -0.25) is 4.79 Å². The average Bonchev–Trinajstić information content (AvgIpc) is 2.98. The molecule has 1 aromatic heterocycles. The van der Waals surface area contributed by atoms with Crippen molar-refractivity contribution in [2.24, 2.45) is 0 Å². The van der Waals surface area contributed by atoms with Crippen molar-refractivity contribution in [3.63, 3.8) is 0 Å². The van der Waals surface area contributed by atoms with Crippen LogP contribution in [-0.2, 0) is 4.79 Å². The number of halogens is 1. The molecule has 22 heavy (non-hydrogen) atoms. The van der Waals surface area contributed by atoms with Gasteiger partial charge in [-0.05, 0) is 37.3 Å². The molecule has 0 bridgehead atoms. The minimum absolute atomic E-state index is 0.0798. The molecule has 0 saturated carbocycles. The lowest BCUT2D eigenvalue weighted by atomic mass is 10.2. The molecule has 0 aliphatic carbocycles. The van der Waals surface area contributed by atoms with Crippen LogP contribution in [0.3, 0.4) is 0 Å². The minimum Gasteiger partial charge on any atom is -0.467 e. The maximum absolute atomic E-state index is 11.9. The van der Waals surface area contributed by atoms with Crippen molar-refractivity contribution >= 4 is 23.2 Å². The predicted octanol–water partition coefficient (Wildman–Crippen LogP) is 2.97. The standard InChI is InChI=1S/C16H19ClN2O3/c1-11(18-10-14(20)15-6-3-7-22-15)8-16(21)19-13-5-2-4-12(17)9-13/h2-7,9,11,14,18,20H,8,10H2,1H3,(H,19,21). The topological polar surface area (TPSA) is 74.5 Å². The van der Waals surface area contributed by atoms with Gasteiger partial charge >= 0.3 is 0 Å². The number of rotatable bonds is 7. The van der Waals surface area contributed by atoms with Gasteiger partial charge in [0.25, 0.3) is 0 Å². The number of benzene rings is 1. The van der Waals surface area contributed by atoms with Crippen LogP contribution in [0.1, 0.15) is 25.2 Å². The van der Waals surface area contributed by atoms with E-state index in [-0.39, 0.29) is 18.4 Å². The van der Waals surface area contributed by atoms with Crippen molar-refractivity contribution in [2.45, 2.75) is 25.5 Å². The Morgan fingerprint density at radius 1 is 1.36 bits per heavy atom. The number of furan rings is 1. The van der Waals surface area contributed by atoms with Crippen molar-refractivity contribution in [3.8, 4) is 0 Å². The molecule has 118 valence electrons. The Labute approximate surface area is 134 Å². The van der Waals surface area contributed by atoms with E-state index in [9.17, 15) is 9.90 Å². The van der Waals surface area contributed by atoms with Crippen molar-refractivity contribution in [3.05, 3.63) is 53.4 Å². The van der Waals surface area contributed by atoms with Gasteiger partial charge in [-0.1, -0.05) is 17.7 Å². The molecule has 6 heteroatoms. The Morgan fingerprint density at radius 2 is 2.18 bits per heavy atom. The SMILES string of the molecule is CC(CC(=O)Nc1cccc(Cl)c1)NCC(O)c1ccco1. The van der Waals surface area contributed by atoms with Crippen LogP contribution < -0.4 is 10.6 Å². The molecule has 2 aromatic rings. The van der Waals surface area contributed by atoms with Crippen molar-refractivity contribution < 1.29 is 14.3 Å². The quantitative estimate of drug-likeness (QED) is 0.732. The first kappa shape index (κ1) is 16.5. The first-order valence-corrected chi connectivity index (χ1v) is 7.42. The predicted molar refractivity (Wildman–Crippen MR) is 85.8 cm³/mol. The maximum Gasteiger partial charge on any atom is 0.225 e. The second kappa shape index (κ2) is 7.98. The Bertz CT molecular complexity index is 601. The first-order valence-electron chi connectivity index (χ1n) is 7.05. The smallest absolute Gasteiger partial charge is 0.225 e. The van der Waals surface area contributed by atoms with Gasteiger partial charge in [-0.25, -0.2) is 0 Å². The first-order chi connectivity index (χ1) is 10.5. The number of aliphatic hydroxyl groups excluding tert-OH is 1. The highest BCUT2D eigenvalue weighted by molar-refractivity contribution is 6.30. The van der Waals surface area contributed by atoms with Gasteiger partial charge in [0.05, 0.1) is 6.26 Å². The molecule has 1 aromatic carbocycles. The highest BCUT2D eigenvalue weighted by Gasteiger charge is 2.14. The van der Waals surface area contributed by atoms with Crippen LogP contribution in [0, 0.1) is 0 Å². The summed E-state index contributed by atoms with van der Waals surface area (Å²) < 4.78 is 5.12. The fourth-order valence-electron chi connectivity index (χ4n) is 2.02. The molecule has 2 rings (SSSR count). The third kappa shape index (κ3) is 5.18. The number of carbonyl (C=O) groups is 1. The highest BCUT2D eigenvalue weighted by Crippen LogP contribution is 2.15. The summed E-state index contributed by atoms with van der Waals surface area (Å²) >= 11 is 5.87. The molecule has 1 amide bonds. The van der Waals surface area contributed by atoms with Crippen molar-refractivity contribution in [1.29, 1.82) is 0 Å². The molecular weight excluding hydrogens is 304 g/mol. The normalized spacial score (nSPS) is 13.6. The Morgan fingerprint density at radius 3 is 2.86 bits per heavy atom. The van der Waals surface area contributed by atoms with Crippen LogP contribution in [-0.4, -0.2) is 23.6 Å². The number of nitrogens with one attached hydrogen (secondary N) is 2. The third-order valence-corrected chi connectivity index (χ3v) is 3.37. The summed E-state index contributed by atoms with van der Waals surface area (Å²) in [4.78, 5) is 11.9. The van der Waals surface area contributed by atoms with E-state index in [0.29, 0.717) is 23.0 Å². The van der Waals surface area contributed by atoms with E-state index >= 15 is 0 Å². The molecule has 5 nitrogen and oxygen atoms in total. The summed E-state index contributed by atoms with van der Waals surface area (Å²) in [5.74, 6) is 0.387. The van der Waals surface area contributed by atoms with E-state index in [1.54, 1.807) is 36.4 Å². The van der Waals surface area contributed by atoms with Gasteiger partial charge in [0, 0.05) is 29.7 Å². The van der Waals surface area contributed by atoms with Gasteiger partial charge < -0.3 is 20.2 Å². The molecule has 0 fully saturated rings. The number of aliphatic hydroxyl groups is 1. The summed E-state index contributed by atoms with van der Waals surface area (Å²) in [5, 5.41) is 16.3. The van der Waals surface area contributed by atoms with Crippen molar-refractivity contribution in [2.75, 3.05) is 11.9 Å². The largest absolute Gasteiger partial charge is 0.467 e. The Hall–Kier alpha value is -1.82. The molecule has 0 spiro atoms. The van der Waals surface area contributed by atoms with Crippen LogP contribution >= 0.6 is 11.6 Å². The fourth-order valence-corrected chi connectivity index (χ4v) is 2.21. The van der Waals surface area contributed by atoms with E-state index in [1.807, 2.05) is 6.92 Å². The highest BCUT2D eigenvalue weighted by atomic mass is 35.5. The van der Waals surface area contributed by atoms with E-state index in [0.717, 1.165) is 0 Å². The second-order valence-corrected chi connectivity index (χ2v) is 5.54. The Kier molecular flexibility index (Phi) is 6.00. The van der Waals surface area contributed by atoms with Gasteiger partial charge in [-0.15, -0.1) is 0 Å². The van der Waals surface area contributed by atoms with Crippen LogP contribution in [0.25, 0.3) is 0 Å². The molecule has 1 heterocycles. The molecule has 0 aliphatic heterocycles. The maximum atomic E-state index is 11.9. The second-order valence-electron chi connectivity index (χ2n) is 5.10. The lowest BCUT2D eigenvalue weighted by Crippen LogP contribution is -2.33. The number of hydrogen-bond donors (Lipinski definition) is 3. The molecule has 2 unspecified atom stereocenters. The zero-order valence-electron chi connectivity index (χ0n) is 12.3. The summed E-state index contributed by atoms with van der Waals surface area (Å²) in [6.45, 7) is 2.20. The fraction of sp³-hybridized carbons (Fsp3) is 0.312. The van der Waals surface area contributed by atoms with E-state index in [4.69, 9.17) is 16.0 Å². The average molecular weight is 323 g/mol. The van der Waals surface area contributed by atoms with Gasteiger partial charge in [0.15, 0.2) is 0 Å². The van der Waals surface area contributed by atoms with Crippen LogP contribution in [0.2, 0.25) is 5.02 Å². The zero-order chi connectivity index (χ0) is 15.9. The molecule has 0 saturated heterocycles. The molecule has 0 aliphatic rings. The summed E-state index contributed by atoms with van der Waals surface area (Å²) in [7, 11) is 0. The van der Waals surface area contributed by atoms with Gasteiger partial charge in [0.1, 0.15) is 11.9 Å². The zero-order valence-corrected chi connectivity index (χ0v) is 13.0. The van der Waals surface area contributed by atoms with Crippen LogP contribution in [0.4, 0.5) is 5.69 Å². The van der Waals surface area contributed by atoms with Gasteiger partial charge in [0.2, 0.25) is 5.91 Å².